The van der Waals surface area contributed by atoms with Gasteiger partial charge in [0.05, 0.1) is 16.1 Å². The Balaban J connectivity index is 0.000000158. The van der Waals surface area contributed by atoms with E-state index in [-0.39, 0.29) is 5.75 Å². The Morgan fingerprint density at radius 1 is 0.610 bits per heavy atom. The number of fused-ring (bicyclic) bond motifs is 2. The molecule has 0 aliphatic rings. The molecule has 6 nitrogen and oxygen atoms in total. The topological polar surface area (TPSA) is 107 Å². The average molecular weight is 565 g/mol. The third-order valence-corrected chi connectivity index (χ3v) is 6.95. The molecule has 2 aromatic heterocycles. The summed E-state index contributed by atoms with van der Waals surface area (Å²) in [6, 6.07) is 25.8. The van der Waals surface area contributed by atoms with Gasteiger partial charge in [-0.2, -0.15) is 0 Å². The maximum Gasteiger partial charge on any atom is 0.138 e. The van der Waals surface area contributed by atoms with Gasteiger partial charge in [-0.3, -0.25) is 9.97 Å². The molecule has 41 heavy (non-hydrogen) atoms. The number of phenolic OH excluding ortho intramolecular Hbond substituents is 1. The van der Waals surface area contributed by atoms with Crippen LogP contribution >= 0.6 is 11.6 Å². The SMILES string of the molecule is Cc1cc2nccc(Cl)c2cc1C.Cc1cc2nccc(Oc3ccc(N)cc3)c2cc1C.Nc1ccc(O)cc1. The Bertz CT molecular complexity index is 1770. The van der Waals surface area contributed by atoms with Crippen LogP contribution in [0.4, 0.5) is 11.4 Å². The van der Waals surface area contributed by atoms with Crippen molar-refractivity contribution in [2.45, 2.75) is 27.7 Å². The van der Waals surface area contributed by atoms with E-state index in [0.29, 0.717) is 5.69 Å². The van der Waals surface area contributed by atoms with Gasteiger partial charge in [0.25, 0.3) is 0 Å². The number of nitrogen functional groups attached to an aromatic ring is 2. The zero-order valence-electron chi connectivity index (χ0n) is 23.5. The fourth-order valence-corrected chi connectivity index (χ4v) is 4.19. The first-order valence-corrected chi connectivity index (χ1v) is 13.4. The fourth-order valence-electron chi connectivity index (χ4n) is 3.98. The van der Waals surface area contributed by atoms with Gasteiger partial charge in [-0.1, -0.05) is 11.6 Å². The van der Waals surface area contributed by atoms with Crippen molar-refractivity contribution in [3.63, 3.8) is 0 Å². The van der Waals surface area contributed by atoms with E-state index < -0.39 is 0 Å². The van der Waals surface area contributed by atoms with Crippen molar-refractivity contribution in [3.8, 4) is 17.2 Å². The Kier molecular flexibility index (Phi) is 9.27. The number of pyridine rings is 2. The van der Waals surface area contributed by atoms with Crippen LogP contribution in [0.2, 0.25) is 5.02 Å². The van der Waals surface area contributed by atoms with Gasteiger partial charge in [-0.05, 0) is 135 Å². The second-order valence-corrected chi connectivity index (χ2v) is 10.2. The number of ether oxygens (including phenoxy) is 1. The minimum atomic E-state index is 0.249. The number of anilines is 2. The molecule has 0 aliphatic heterocycles. The summed E-state index contributed by atoms with van der Waals surface area (Å²) in [7, 11) is 0. The van der Waals surface area contributed by atoms with E-state index in [4.69, 9.17) is 32.9 Å². The summed E-state index contributed by atoms with van der Waals surface area (Å²) in [4.78, 5) is 8.66. The van der Waals surface area contributed by atoms with Crippen molar-refractivity contribution >= 4 is 44.8 Å². The lowest BCUT2D eigenvalue weighted by Crippen LogP contribution is -1.90. The van der Waals surface area contributed by atoms with Crippen LogP contribution < -0.4 is 16.2 Å². The molecule has 0 unspecified atom stereocenters. The van der Waals surface area contributed by atoms with Crippen molar-refractivity contribution in [1.29, 1.82) is 0 Å². The van der Waals surface area contributed by atoms with E-state index in [0.717, 1.165) is 44.0 Å². The van der Waals surface area contributed by atoms with Crippen molar-refractivity contribution in [3.05, 3.63) is 125 Å². The highest BCUT2D eigenvalue weighted by molar-refractivity contribution is 6.35. The van der Waals surface area contributed by atoms with Gasteiger partial charge in [0.15, 0.2) is 0 Å². The third kappa shape index (κ3) is 7.65. The van der Waals surface area contributed by atoms with Gasteiger partial charge in [0, 0.05) is 34.5 Å². The summed E-state index contributed by atoms with van der Waals surface area (Å²) in [5, 5.41) is 11.5. The molecule has 0 spiro atoms. The summed E-state index contributed by atoms with van der Waals surface area (Å²) in [5.41, 5.74) is 19.3. The first-order valence-electron chi connectivity index (χ1n) is 13.1. The zero-order chi connectivity index (χ0) is 29.5. The van der Waals surface area contributed by atoms with Crippen LogP contribution in [-0.4, -0.2) is 15.1 Å². The van der Waals surface area contributed by atoms with Gasteiger partial charge in [-0.15, -0.1) is 0 Å². The molecule has 0 atom stereocenters. The van der Waals surface area contributed by atoms with Crippen LogP contribution in [0.15, 0.2) is 97.3 Å². The maximum atomic E-state index is 8.70. The molecule has 208 valence electrons. The molecule has 0 amide bonds. The van der Waals surface area contributed by atoms with Crippen molar-refractivity contribution in [1.82, 2.24) is 9.97 Å². The highest BCUT2D eigenvalue weighted by Gasteiger charge is 2.07. The normalized spacial score (nSPS) is 10.4. The van der Waals surface area contributed by atoms with Gasteiger partial charge >= 0.3 is 0 Å². The standard InChI is InChI=1S/C17H16N2O.C11H10ClN.C6H7NO/c1-11-9-15-16(10-12(11)2)19-8-7-17(15)20-14-5-3-13(18)4-6-14;1-7-5-9-10(12)3-4-13-11(9)6-8(7)2;7-5-1-3-6(8)4-2-5/h3-10H,18H2,1-2H3;3-6H,1-2H3;1-4,8H,7H2. The van der Waals surface area contributed by atoms with Crippen LogP contribution in [0.1, 0.15) is 22.3 Å². The number of hydrogen-bond acceptors (Lipinski definition) is 6. The zero-order valence-corrected chi connectivity index (χ0v) is 24.3. The lowest BCUT2D eigenvalue weighted by atomic mass is 10.1. The number of nitrogens with two attached hydrogens (primary N) is 2. The molecular weight excluding hydrogens is 532 g/mol. The summed E-state index contributed by atoms with van der Waals surface area (Å²) in [6.07, 6.45) is 3.50. The van der Waals surface area contributed by atoms with Gasteiger partial charge in [-0.25, -0.2) is 0 Å². The van der Waals surface area contributed by atoms with E-state index in [1.54, 1.807) is 36.7 Å². The summed E-state index contributed by atoms with van der Waals surface area (Å²) < 4.78 is 5.95. The second kappa shape index (κ2) is 13.0. The molecule has 4 aromatic carbocycles. The van der Waals surface area contributed by atoms with Gasteiger partial charge in [0.1, 0.15) is 17.2 Å². The molecule has 7 heteroatoms. The number of nitrogens with zero attached hydrogens (tertiary/aromatic N) is 2. The monoisotopic (exact) mass is 564 g/mol. The fraction of sp³-hybridized carbons (Fsp3) is 0.118. The number of halogens is 1. The molecule has 0 saturated carbocycles. The average Bonchev–Trinajstić information content (AvgIpc) is 2.95. The molecule has 0 saturated heterocycles. The largest absolute Gasteiger partial charge is 0.508 e. The van der Waals surface area contributed by atoms with Crippen LogP contribution in [0, 0.1) is 27.7 Å². The highest BCUT2D eigenvalue weighted by atomic mass is 35.5. The van der Waals surface area contributed by atoms with Gasteiger partial charge < -0.3 is 21.3 Å². The van der Waals surface area contributed by atoms with Crippen LogP contribution in [-0.2, 0) is 0 Å². The molecule has 0 radical (unpaired) electrons. The molecule has 0 aliphatic carbocycles. The van der Waals surface area contributed by atoms with Crippen molar-refractivity contribution < 1.29 is 9.84 Å². The Morgan fingerprint density at radius 2 is 1.07 bits per heavy atom. The minimum Gasteiger partial charge on any atom is -0.508 e. The number of aromatic nitrogens is 2. The molecule has 0 fully saturated rings. The predicted molar refractivity (Wildman–Crippen MR) is 171 cm³/mol. The van der Waals surface area contributed by atoms with E-state index in [9.17, 15) is 0 Å². The highest BCUT2D eigenvalue weighted by Crippen LogP contribution is 2.31. The van der Waals surface area contributed by atoms with E-state index in [1.807, 2.05) is 36.4 Å². The Morgan fingerprint density at radius 3 is 1.63 bits per heavy atom. The molecule has 6 aromatic rings. The first-order chi connectivity index (χ1) is 19.6. The quantitative estimate of drug-likeness (QED) is 0.143. The number of phenols is 1. The number of hydrogen-bond donors (Lipinski definition) is 3. The lowest BCUT2D eigenvalue weighted by molar-refractivity contribution is 0.475. The van der Waals surface area contributed by atoms with Crippen LogP contribution in [0.3, 0.4) is 0 Å². The number of benzene rings is 4. The summed E-state index contributed by atoms with van der Waals surface area (Å²) in [5.74, 6) is 1.83. The minimum absolute atomic E-state index is 0.249. The smallest absolute Gasteiger partial charge is 0.138 e. The first kappa shape index (κ1) is 29.2. The van der Waals surface area contributed by atoms with Crippen LogP contribution in [0.25, 0.3) is 21.8 Å². The maximum absolute atomic E-state index is 8.70. The Hall–Kier alpha value is -4.81. The molecule has 6 rings (SSSR count). The number of aromatic hydroxyl groups is 1. The number of rotatable bonds is 2. The summed E-state index contributed by atoms with van der Waals surface area (Å²) in [6.45, 7) is 8.34. The predicted octanol–water partition coefficient (Wildman–Crippen LogP) is 8.71. The third-order valence-electron chi connectivity index (χ3n) is 6.62. The van der Waals surface area contributed by atoms with E-state index >= 15 is 0 Å². The molecule has 2 heterocycles. The lowest BCUT2D eigenvalue weighted by Gasteiger charge is -2.10. The Labute approximate surface area is 245 Å². The number of aryl methyl sites for hydroxylation is 4. The van der Waals surface area contributed by atoms with E-state index in [2.05, 4.69) is 61.9 Å². The van der Waals surface area contributed by atoms with Crippen molar-refractivity contribution in [2.75, 3.05) is 11.5 Å². The van der Waals surface area contributed by atoms with Crippen LogP contribution in [0.5, 0.6) is 17.2 Å². The summed E-state index contributed by atoms with van der Waals surface area (Å²) >= 11 is 6.04. The van der Waals surface area contributed by atoms with Gasteiger partial charge in [0.2, 0.25) is 0 Å². The second-order valence-electron chi connectivity index (χ2n) is 9.77. The molecule has 0 bridgehead atoms. The van der Waals surface area contributed by atoms with E-state index in [1.165, 1.54) is 22.3 Å². The molecular formula is C34H33ClN4O2. The molecule has 5 N–H and O–H groups in total. The van der Waals surface area contributed by atoms with Crippen molar-refractivity contribution in [2.24, 2.45) is 0 Å².